The largest absolute Gasteiger partial charge is 0.493 e. The lowest BCUT2D eigenvalue weighted by Crippen LogP contribution is -2.55. The van der Waals surface area contributed by atoms with E-state index in [9.17, 15) is 5.11 Å². The van der Waals surface area contributed by atoms with E-state index in [1.165, 1.54) is 5.56 Å². The molecule has 2 aliphatic heterocycles. The van der Waals surface area contributed by atoms with Crippen LogP contribution >= 0.6 is 0 Å². The number of aliphatic hydroxyl groups excluding tert-OH is 1. The normalized spacial score (nSPS) is 28.7. The Morgan fingerprint density at radius 2 is 2.10 bits per heavy atom. The molecule has 1 fully saturated rings. The zero-order chi connectivity index (χ0) is 14.8. The van der Waals surface area contributed by atoms with E-state index in [4.69, 9.17) is 4.74 Å². The van der Waals surface area contributed by atoms with Gasteiger partial charge in [0.1, 0.15) is 5.75 Å². The summed E-state index contributed by atoms with van der Waals surface area (Å²) in [6.45, 7) is 3.82. The molecule has 2 heterocycles. The van der Waals surface area contributed by atoms with E-state index < -0.39 is 0 Å². The quantitative estimate of drug-likeness (QED) is 0.916. The summed E-state index contributed by atoms with van der Waals surface area (Å²) < 4.78 is 5.72. The van der Waals surface area contributed by atoms with Gasteiger partial charge in [0.25, 0.3) is 0 Å². The van der Waals surface area contributed by atoms with Crippen LogP contribution in [0.25, 0.3) is 0 Å². The number of aliphatic hydroxyl groups is 1. The van der Waals surface area contributed by atoms with Gasteiger partial charge in [0.15, 0.2) is 0 Å². The van der Waals surface area contributed by atoms with E-state index in [1.807, 2.05) is 12.1 Å². The number of rotatable bonds is 3. The van der Waals surface area contributed by atoms with E-state index in [1.54, 1.807) is 0 Å². The van der Waals surface area contributed by atoms with Crippen LogP contribution in [0.2, 0.25) is 0 Å². The molecule has 0 aromatic heterocycles. The molecule has 0 bridgehead atoms. The second kappa shape index (κ2) is 6.34. The SMILES string of the molecule is CN1CCN(C)C(C(O)CC2CCOc3ccccc32)C1. The molecular weight excluding hydrogens is 264 g/mol. The number of hydrogen-bond acceptors (Lipinski definition) is 4. The lowest BCUT2D eigenvalue weighted by Gasteiger charge is -2.41. The van der Waals surface area contributed by atoms with Gasteiger partial charge < -0.3 is 14.7 Å². The number of hydrogen-bond donors (Lipinski definition) is 1. The molecule has 4 nitrogen and oxygen atoms in total. The van der Waals surface area contributed by atoms with Crippen molar-refractivity contribution in [2.24, 2.45) is 0 Å². The first-order chi connectivity index (χ1) is 10.1. The summed E-state index contributed by atoms with van der Waals surface area (Å²) in [7, 11) is 4.26. The number of piperazine rings is 1. The van der Waals surface area contributed by atoms with Crippen molar-refractivity contribution in [2.45, 2.75) is 30.9 Å². The van der Waals surface area contributed by atoms with Gasteiger partial charge in [0.2, 0.25) is 0 Å². The molecule has 1 N–H and O–H groups in total. The third kappa shape index (κ3) is 3.23. The van der Waals surface area contributed by atoms with Crippen LogP contribution in [0.3, 0.4) is 0 Å². The number of ether oxygens (including phenoxy) is 1. The molecule has 4 heteroatoms. The molecule has 0 saturated carbocycles. The summed E-state index contributed by atoms with van der Waals surface area (Å²) in [4.78, 5) is 4.61. The smallest absolute Gasteiger partial charge is 0.122 e. The van der Waals surface area contributed by atoms with Crippen molar-refractivity contribution in [1.82, 2.24) is 9.80 Å². The van der Waals surface area contributed by atoms with Gasteiger partial charge in [-0.15, -0.1) is 0 Å². The van der Waals surface area contributed by atoms with Crippen molar-refractivity contribution in [3.63, 3.8) is 0 Å². The predicted octanol–water partition coefficient (Wildman–Crippen LogP) is 1.55. The van der Waals surface area contributed by atoms with Gasteiger partial charge in [0.05, 0.1) is 12.7 Å². The summed E-state index contributed by atoms with van der Waals surface area (Å²) in [5.74, 6) is 1.40. The molecule has 116 valence electrons. The first kappa shape index (κ1) is 14.8. The average Bonchev–Trinajstić information content (AvgIpc) is 2.50. The standard InChI is InChI=1S/C17H26N2O2/c1-18-8-9-19(2)15(12-18)16(20)11-13-7-10-21-17-6-4-3-5-14(13)17/h3-6,13,15-16,20H,7-12H2,1-2H3. The Balaban J connectivity index is 1.69. The minimum absolute atomic E-state index is 0.235. The molecular formula is C17H26N2O2. The second-order valence-corrected chi connectivity index (χ2v) is 6.49. The molecule has 21 heavy (non-hydrogen) atoms. The van der Waals surface area contributed by atoms with Gasteiger partial charge in [-0.25, -0.2) is 0 Å². The third-order valence-electron chi connectivity index (χ3n) is 4.95. The van der Waals surface area contributed by atoms with Gasteiger partial charge in [0, 0.05) is 25.7 Å². The number of nitrogens with zero attached hydrogens (tertiary/aromatic N) is 2. The first-order valence-corrected chi connectivity index (χ1v) is 7.93. The maximum absolute atomic E-state index is 10.7. The predicted molar refractivity (Wildman–Crippen MR) is 83.8 cm³/mol. The monoisotopic (exact) mass is 290 g/mol. The highest BCUT2D eigenvalue weighted by atomic mass is 16.5. The van der Waals surface area contributed by atoms with Crippen LogP contribution in [-0.4, -0.2) is 67.4 Å². The summed E-state index contributed by atoms with van der Waals surface area (Å²) >= 11 is 0. The zero-order valence-electron chi connectivity index (χ0n) is 13.0. The van der Waals surface area contributed by atoms with E-state index in [0.717, 1.165) is 44.8 Å². The topological polar surface area (TPSA) is 35.9 Å². The molecule has 0 aliphatic carbocycles. The van der Waals surface area contributed by atoms with Crippen molar-refractivity contribution >= 4 is 0 Å². The Morgan fingerprint density at radius 1 is 1.29 bits per heavy atom. The molecule has 1 aromatic rings. The Kier molecular flexibility index (Phi) is 4.48. The third-order valence-corrected chi connectivity index (χ3v) is 4.95. The van der Waals surface area contributed by atoms with Crippen molar-refractivity contribution in [2.75, 3.05) is 40.3 Å². The van der Waals surface area contributed by atoms with Crippen LogP contribution in [0.15, 0.2) is 24.3 Å². The second-order valence-electron chi connectivity index (χ2n) is 6.49. The molecule has 3 atom stereocenters. The van der Waals surface area contributed by atoms with Crippen molar-refractivity contribution in [3.05, 3.63) is 29.8 Å². The van der Waals surface area contributed by atoms with E-state index in [0.29, 0.717) is 5.92 Å². The van der Waals surface area contributed by atoms with Crippen LogP contribution < -0.4 is 4.74 Å². The molecule has 1 saturated heterocycles. The Bertz CT molecular complexity index is 480. The van der Waals surface area contributed by atoms with Gasteiger partial charge in [-0.3, -0.25) is 4.90 Å². The Hall–Kier alpha value is -1.10. The fourth-order valence-corrected chi connectivity index (χ4v) is 3.57. The maximum atomic E-state index is 10.7. The fraction of sp³-hybridized carbons (Fsp3) is 0.647. The van der Waals surface area contributed by atoms with Crippen molar-refractivity contribution in [3.8, 4) is 5.75 Å². The molecule has 3 rings (SSSR count). The summed E-state index contributed by atoms with van der Waals surface area (Å²) in [5.41, 5.74) is 1.26. The number of fused-ring (bicyclic) bond motifs is 1. The minimum atomic E-state index is -0.283. The lowest BCUT2D eigenvalue weighted by atomic mass is 9.86. The zero-order valence-corrected chi connectivity index (χ0v) is 13.0. The maximum Gasteiger partial charge on any atom is 0.122 e. The van der Waals surface area contributed by atoms with Crippen molar-refractivity contribution < 1.29 is 9.84 Å². The van der Waals surface area contributed by atoms with Crippen LogP contribution in [0.5, 0.6) is 5.75 Å². The lowest BCUT2D eigenvalue weighted by molar-refractivity contribution is 0.00571. The molecule has 1 aromatic carbocycles. The molecule has 3 unspecified atom stereocenters. The first-order valence-electron chi connectivity index (χ1n) is 7.93. The Labute approximate surface area is 127 Å². The van der Waals surface area contributed by atoms with Gasteiger partial charge in [-0.05, 0) is 44.5 Å². The van der Waals surface area contributed by atoms with Crippen LogP contribution in [0.4, 0.5) is 0 Å². The summed E-state index contributed by atoms with van der Waals surface area (Å²) in [6, 6.07) is 8.49. The summed E-state index contributed by atoms with van der Waals surface area (Å²) in [5, 5.41) is 10.7. The van der Waals surface area contributed by atoms with Gasteiger partial charge in [-0.1, -0.05) is 18.2 Å². The van der Waals surface area contributed by atoms with E-state index in [-0.39, 0.29) is 12.1 Å². The number of para-hydroxylation sites is 1. The highest BCUT2D eigenvalue weighted by Crippen LogP contribution is 2.36. The van der Waals surface area contributed by atoms with Gasteiger partial charge in [-0.2, -0.15) is 0 Å². The van der Waals surface area contributed by atoms with Gasteiger partial charge >= 0.3 is 0 Å². The van der Waals surface area contributed by atoms with E-state index >= 15 is 0 Å². The molecule has 0 amide bonds. The average molecular weight is 290 g/mol. The van der Waals surface area contributed by atoms with Crippen LogP contribution in [0.1, 0.15) is 24.3 Å². The highest BCUT2D eigenvalue weighted by Gasteiger charge is 2.32. The number of benzene rings is 1. The molecule has 0 radical (unpaired) electrons. The molecule has 2 aliphatic rings. The minimum Gasteiger partial charge on any atom is -0.493 e. The molecule has 0 spiro atoms. The van der Waals surface area contributed by atoms with Crippen LogP contribution in [0, 0.1) is 0 Å². The van der Waals surface area contributed by atoms with Crippen LogP contribution in [-0.2, 0) is 0 Å². The highest BCUT2D eigenvalue weighted by molar-refractivity contribution is 5.37. The Morgan fingerprint density at radius 3 is 2.95 bits per heavy atom. The van der Waals surface area contributed by atoms with Crippen molar-refractivity contribution in [1.29, 1.82) is 0 Å². The summed E-state index contributed by atoms with van der Waals surface area (Å²) in [6.07, 6.45) is 1.54. The fourth-order valence-electron chi connectivity index (χ4n) is 3.57. The van der Waals surface area contributed by atoms with E-state index in [2.05, 4.69) is 36.0 Å². The number of likely N-dealkylation sites (N-methyl/N-ethyl adjacent to an activating group) is 2.